The van der Waals surface area contributed by atoms with Gasteiger partial charge in [-0.2, -0.15) is 0 Å². The van der Waals surface area contributed by atoms with Gasteiger partial charge in [0.25, 0.3) is 0 Å². The van der Waals surface area contributed by atoms with Gasteiger partial charge in [-0.1, -0.05) is 12.2 Å². The van der Waals surface area contributed by atoms with Crippen LogP contribution < -0.4 is 5.32 Å². The van der Waals surface area contributed by atoms with E-state index in [1.165, 1.54) is 0 Å². The fourth-order valence-electron chi connectivity index (χ4n) is 3.18. The van der Waals surface area contributed by atoms with Gasteiger partial charge in [0.15, 0.2) is 6.10 Å². The van der Waals surface area contributed by atoms with Crippen molar-refractivity contribution in [1.29, 1.82) is 0 Å². The average molecular weight is 428 g/mol. The molecule has 0 saturated carbocycles. The van der Waals surface area contributed by atoms with Crippen molar-refractivity contribution in [2.24, 2.45) is 5.92 Å². The quantitative estimate of drug-likeness (QED) is 0.535. The molecule has 0 fully saturated rings. The molecule has 30 heavy (non-hydrogen) atoms. The lowest BCUT2D eigenvalue weighted by Gasteiger charge is -2.31. The van der Waals surface area contributed by atoms with Crippen LogP contribution in [0, 0.1) is 5.92 Å². The summed E-state index contributed by atoms with van der Waals surface area (Å²) < 4.78 is 27.5. The fraction of sp³-hybridized carbons (Fsp3) is 0.727. The summed E-state index contributed by atoms with van der Waals surface area (Å²) in [6, 6.07) is 0. The largest absolute Gasteiger partial charge is 0.500 e. The zero-order chi connectivity index (χ0) is 22.9. The predicted octanol–water partition coefficient (Wildman–Crippen LogP) is 3.36. The monoisotopic (exact) mass is 427 g/mol. The van der Waals surface area contributed by atoms with Crippen LogP contribution in [-0.4, -0.2) is 63.3 Å². The van der Waals surface area contributed by atoms with Gasteiger partial charge in [0, 0.05) is 20.1 Å². The summed E-state index contributed by atoms with van der Waals surface area (Å²) in [6.45, 7) is 11.4. The minimum absolute atomic E-state index is 0.144. The summed E-state index contributed by atoms with van der Waals surface area (Å²) in [4.78, 5) is 24.5. The van der Waals surface area contributed by atoms with Crippen molar-refractivity contribution in [3.05, 3.63) is 23.5 Å². The number of allylic oxidation sites excluding steroid dienone is 1. The minimum atomic E-state index is -0.756. The Morgan fingerprint density at radius 3 is 2.37 bits per heavy atom. The second-order valence-electron chi connectivity index (χ2n) is 8.27. The van der Waals surface area contributed by atoms with E-state index in [-0.39, 0.29) is 37.7 Å². The van der Waals surface area contributed by atoms with Gasteiger partial charge in [0.05, 0.1) is 31.8 Å². The fourth-order valence-corrected chi connectivity index (χ4v) is 3.18. The lowest BCUT2D eigenvalue weighted by Crippen LogP contribution is -2.40. The van der Waals surface area contributed by atoms with E-state index in [1.54, 1.807) is 41.9 Å². The molecular formula is C22H37NO7. The smallest absolute Gasteiger partial charge is 0.407 e. The van der Waals surface area contributed by atoms with Crippen molar-refractivity contribution in [3.8, 4) is 0 Å². The Hall–Kier alpha value is -2.06. The number of esters is 1. The third-order valence-corrected chi connectivity index (χ3v) is 4.29. The molecule has 1 aliphatic carbocycles. The molecule has 1 N–H and O–H groups in total. The van der Waals surface area contributed by atoms with Crippen LogP contribution in [0.5, 0.6) is 0 Å². The Morgan fingerprint density at radius 2 is 1.87 bits per heavy atom. The third kappa shape index (κ3) is 8.36. The highest BCUT2D eigenvalue weighted by molar-refractivity contribution is 5.75. The van der Waals surface area contributed by atoms with Crippen LogP contribution in [0.2, 0.25) is 0 Å². The molecule has 1 amide bonds. The van der Waals surface area contributed by atoms with E-state index in [4.69, 9.17) is 23.7 Å². The maximum Gasteiger partial charge on any atom is 0.407 e. The zero-order valence-electron chi connectivity index (χ0n) is 19.4. The van der Waals surface area contributed by atoms with Crippen LogP contribution in [-0.2, 0) is 28.5 Å². The van der Waals surface area contributed by atoms with Crippen LogP contribution in [0.15, 0.2) is 23.5 Å². The van der Waals surface area contributed by atoms with E-state index < -0.39 is 23.8 Å². The number of ether oxygens (including phenoxy) is 5. The van der Waals surface area contributed by atoms with Crippen molar-refractivity contribution < 1.29 is 33.3 Å². The number of nitrogens with one attached hydrogen (secondary N) is 1. The molecule has 1 rings (SSSR count). The van der Waals surface area contributed by atoms with Crippen molar-refractivity contribution in [2.75, 3.05) is 27.4 Å². The number of alkyl carbamates (subject to hydrolysis) is 1. The highest BCUT2D eigenvalue weighted by Crippen LogP contribution is 2.31. The van der Waals surface area contributed by atoms with Gasteiger partial charge in [-0.15, -0.1) is 0 Å². The van der Waals surface area contributed by atoms with Gasteiger partial charge < -0.3 is 29.0 Å². The lowest BCUT2D eigenvalue weighted by atomic mass is 9.88. The molecule has 0 radical (unpaired) electrons. The van der Waals surface area contributed by atoms with Gasteiger partial charge in [-0.05, 0) is 47.1 Å². The summed E-state index contributed by atoms with van der Waals surface area (Å²) in [6.07, 6.45) is 2.32. The summed E-state index contributed by atoms with van der Waals surface area (Å²) in [7, 11) is 3.15. The van der Waals surface area contributed by atoms with E-state index in [0.717, 1.165) is 5.57 Å². The lowest BCUT2D eigenvalue weighted by molar-refractivity contribution is -0.159. The number of amides is 1. The molecule has 0 saturated heterocycles. The first-order chi connectivity index (χ1) is 14.0. The number of methoxy groups -OCH3 is 2. The van der Waals surface area contributed by atoms with E-state index in [0.29, 0.717) is 5.76 Å². The molecule has 3 atom stereocenters. The van der Waals surface area contributed by atoms with Gasteiger partial charge >= 0.3 is 12.1 Å². The van der Waals surface area contributed by atoms with E-state index in [2.05, 4.69) is 5.32 Å². The zero-order valence-corrected chi connectivity index (χ0v) is 19.4. The van der Waals surface area contributed by atoms with Gasteiger partial charge in [-0.3, -0.25) is 0 Å². The first kappa shape index (κ1) is 26.0. The van der Waals surface area contributed by atoms with E-state index in [1.807, 2.05) is 26.0 Å². The van der Waals surface area contributed by atoms with Gasteiger partial charge in [-0.25, -0.2) is 9.59 Å². The molecule has 0 aromatic carbocycles. The molecule has 0 spiro atoms. The molecule has 0 bridgehead atoms. The number of carbonyl (C=O) groups excluding carboxylic acids is 2. The molecule has 3 unspecified atom stereocenters. The molecule has 1 aliphatic rings. The third-order valence-electron chi connectivity index (χ3n) is 4.29. The van der Waals surface area contributed by atoms with Crippen LogP contribution in [0.25, 0.3) is 0 Å². The standard InChI is InChI=1S/C22H37NO7/c1-9-28-20(24)18(29-14(2)3)12-15-10-11-17(26-7)16(19(15)27-8)13-23-21(25)30-22(4,5)6/h10-11,14,16-18H,9,12-13H2,1-8H3,(H,23,25). The molecule has 0 aromatic rings. The second kappa shape index (κ2) is 12.0. The number of carbonyl (C=O) groups is 2. The maximum atomic E-state index is 12.4. The Morgan fingerprint density at radius 1 is 1.20 bits per heavy atom. The van der Waals surface area contributed by atoms with Crippen LogP contribution in [0.3, 0.4) is 0 Å². The second-order valence-corrected chi connectivity index (χ2v) is 8.27. The highest BCUT2D eigenvalue weighted by atomic mass is 16.6. The average Bonchev–Trinajstić information content (AvgIpc) is 2.64. The Bertz CT molecular complexity index is 634. The number of hydrogen-bond acceptors (Lipinski definition) is 7. The maximum absolute atomic E-state index is 12.4. The van der Waals surface area contributed by atoms with Crippen molar-refractivity contribution in [1.82, 2.24) is 5.32 Å². The Labute approximate surface area is 179 Å². The van der Waals surface area contributed by atoms with Crippen molar-refractivity contribution in [3.63, 3.8) is 0 Å². The summed E-state index contributed by atoms with van der Waals surface area (Å²) in [5.41, 5.74) is 0.198. The summed E-state index contributed by atoms with van der Waals surface area (Å²) in [5, 5.41) is 2.77. The molecular weight excluding hydrogens is 390 g/mol. The first-order valence-corrected chi connectivity index (χ1v) is 10.3. The van der Waals surface area contributed by atoms with E-state index in [9.17, 15) is 9.59 Å². The van der Waals surface area contributed by atoms with Crippen LogP contribution in [0.1, 0.15) is 48.0 Å². The minimum Gasteiger partial charge on any atom is -0.500 e. The Balaban J connectivity index is 3.05. The summed E-state index contributed by atoms with van der Waals surface area (Å²) in [5.74, 6) is -0.0728. The molecule has 0 heterocycles. The van der Waals surface area contributed by atoms with Crippen molar-refractivity contribution >= 4 is 12.1 Å². The highest BCUT2D eigenvalue weighted by Gasteiger charge is 2.33. The van der Waals surface area contributed by atoms with Crippen LogP contribution >= 0.6 is 0 Å². The SMILES string of the molecule is CCOC(=O)C(CC1=C(OC)C(CNC(=O)OC(C)(C)C)C(OC)C=C1)OC(C)C. The van der Waals surface area contributed by atoms with Crippen molar-refractivity contribution in [2.45, 2.75) is 71.9 Å². The molecule has 8 heteroatoms. The topological polar surface area (TPSA) is 92.3 Å². The molecule has 172 valence electrons. The Kier molecular flexibility index (Phi) is 10.4. The molecule has 0 aliphatic heterocycles. The van der Waals surface area contributed by atoms with Gasteiger partial charge in [0.2, 0.25) is 0 Å². The molecule has 0 aromatic heterocycles. The summed E-state index contributed by atoms with van der Waals surface area (Å²) >= 11 is 0. The number of hydrogen-bond donors (Lipinski definition) is 1. The first-order valence-electron chi connectivity index (χ1n) is 10.3. The van der Waals surface area contributed by atoms with Crippen LogP contribution in [0.4, 0.5) is 4.79 Å². The normalized spacial score (nSPS) is 20.2. The predicted molar refractivity (Wildman–Crippen MR) is 113 cm³/mol. The van der Waals surface area contributed by atoms with E-state index >= 15 is 0 Å². The number of rotatable bonds is 10. The van der Waals surface area contributed by atoms with Gasteiger partial charge in [0.1, 0.15) is 11.4 Å². The molecule has 8 nitrogen and oxygen atoms in total.